The topological polar surface area (TPSA) is 101 Å². The van der Waals surface area contributed by atoms with Crippen molar-refractivity contribution in [3.63, 3.8) is 0 Å². The molecule has 1 aromatic heterocycles. The summed E-state index contributed by atoms with van der Waals surface area (Å²) in [6, 6.07) is 12.1. The fourth-order valence-corrected chi connectivity index (χ4v) is 3.57. The number of hydrogen-bond acceptors (Lipinski definition) is 7. The summed E-state index contributed by atoms with van der Waals surface area (Å²) < 4.78 is 10.6. The molecular formula is C24H26N4O5. The molecule has 0 unspecified atom stereocenters. The van der Waals surface area contributed by atoms with E-state index in [0.29, 0.717) is 56.5 Å². The van der Waals surface area contributed by atoms with Gasteiger partial charge in [-0.3, -0.25) is 14.4 Å². The van der Waals surface area contributed by atoms with Crippen molar-refractivity contribution in [2.24, 2.45) is 0 Å². The number of amides is 2. The zero-order chi connectivity index (χ0) is 23.0. The zero-order valence-corrected chi connectivity index (χ0v) is 18.2. The standard InChI is InChI=1S/C24H26N4O5/c29-21(9-8-19-2-1-3-22(25-19)27-10-14-32-15-11-27)18-4-6-20(7-5-18)26-23(30)24(31)28-12-16-33-17-13-28/h1-9H,10-17H2,(H,26,30)/b9-8+. The second kappa shape index (κ2) is 10.8. The lowest BCUT2D eigenvalue weighted by Crippen LogP contribution is -2.45. The van der Waals surface area contributed by atoms with Gasteiger partial charge >= 0.3 is 11.8 Å². The maximum Gasteiger partial charge on any atom is 0.313 e. The highest BCUT2D eigenvalue weighted by molar-refractivity contribution is 6.39. The minimum absolute atomic E-state index is 0.184. The van der Waals surface area contributed by atoms with Gasteiger partial charge in [0.1, 0.15) is 5.82 Å². The molecule has 0 aliphatic carbocycles. The highest BCUT2D eigenvalue weighted by Gasteiger charge is 2.23. The van der Waals surface area contributed by atoms with Crippen LogP contribution in [-0.4, -0.2) is 80.1 Å². The zero-order valence-electron chi connectivity index (χ0n) is 18.2. The molecule has 1 N–H and O–H groups in total. The van der Waals surface area contributed by atoms with E-state index < -0.39 is 11.8 Å². The van der Waals surface area contributed by atoms with Crippen molar-refractivity contribution >= 4 is 35.2 Å². The van der Waals surface area contributed by atoms with Gasteiger partial charge in [-0.05, 0) is 48.6 Å². The molecule has 0 atom stereocenters. The van der Waals surface area contributed by atoms with Crippen LogP contribution in [0.25, 0.3) is 6.08 Å². The average Bonchev–Trinajstić information content (AvgIpc) is 2.88. The second-order valence-electron chi connectivity index (χ2n) is 7.65. The largest absolute Gasteiger partial charge is 0.378 e. The van der Waals surface area contributed by atoms with Gasteiger partial charge in [-0.2, -0.15) is 0 Å². The van der Waals surface area contributed by atoms with Gasteiger partial charge in [0.15, 0.2) is 5.78 Å². The Morgan fingerprint density at radius 3 is 2.24 bits per heavy atom. The number of pyridine rings is 1. The number of carbonyl (C=O) groups is 3. The van der Waals surface area contributed by atoms with Crippen LogP contribution in [0.4, 0.5) is 11.5 Å². The third-order valence-corrected chi connectivity index (χ3v) is 5.42. The van der Waals surface area contributed by atoms with Crippen molar-refractivity contribution < 1.29 is 23.9 Å². The fraction of sp³-hybridized carbons (Fsp3) is 0.333. The number of aromatic nitrogens is 1. The van der Waals surface area contributed by atoms with Crippen LogP contribution in [0.1, 0.15) is 16.1 Å². The van der Waals surface area contributed by atoms with Crippen LogP contribution in [-0.2, 0) is 19.1 Å². The molecule has 0 bridgehead atoms. The lowest BCUT2D eigenvalue weighted by atomic mass is 10.1. The minimum atomic E-state index is -0.706. The van der Waals surface area contributed by atoms with Gasteiger partial charge in [0.05, 0.1) is 32.1 Å². The molecule has 9 nitrogen and oxygen atoms in total. The maximum absolute atomic E-state index is 12.6. The molecule has 4 rings (SSSR count). The normalized spacial score (nSPS) is 16.6. The summed E-state index contributed by atoms with van der Waals surface area (Å²) in [6.07, 6.45) is 3.16. The van der Waals surface area contributed by atoms with Crippen LogP contribution in [0.5, 0.6) is 0 Å². The number of nitrogens with zero attached hydrogens (tertiary/aromatic N) is 3. The van der Waals surface area contributed by atoms with E-state index in [9.17, 15) is 14.4 Å². The molecule has 0 saturated carbocycles. The summed E-state index contributed by atoms with van der Waals surface area (Å²) in [5.74, 6) is -0.620. The van der Waals surface area contributed by atoms with E-state index in [1.807, 2.05) is 18.2 Å². The van der Waals surface area contributed by atoms with Gasteiger partial charge in [0, 0.05) is 37.4 Å². The van der Waals surface area contributed by atoms with Crippen LogP contribution < -0.4 is 10.2 Å². The quantitative estimate of drug-likeness (QED) is 0.420. The Balaban J connectivity index is 1.34. The average molecular weight is 450 g/mol. The Morgan fingerprint density at radius 2 is 1.55 bits per heavy atom. The number of allylic oxidation sites excluding steroid dienone is 1. The Bertz CT molecular complexity index is 1030. The molecule has 9 heteroatoms. The van der Waals surface area contributed by atoms with Gasteiger partial charge < -0.3 is 24.6 Å². The molecule has 2 aliphatic heterocycles. The van der Waals surface area contributed by atoms with Crippen molar-refractivity contribution in [2.45, 2.75) is 0 Å². The van der Waals surface area contributed by atoms with E-state index in [-0.39, 0.29) is 5.78 Å². The first-order chi connectivity index (χ1) is 16.1. The Hall–Kier alpha value is -3.56. The maximum atomic E-state index is 12.6. The van der Waals surface area contributed by atoms with Gasteiger partial charge in [0.2, 0.25) is 0 Å². The van der Waals surface area contributed by atoms with Gasteiger partial charge in [0.25, 0.3) is 0 Å². The molecule has 2 fully saturated rings. The number of ether oxygens (including phenoxy) is 2. The lowest BCUT2D eigenvalue weighted by Gasteiger charge is -2.27. The van der Waals surface area contributed by atoms with Crippen LogP contribution >= 0.6 is 0 Å². The van der Waals surface area contributed by atoms with E-state index in [0.717, 1.165) is 18.9 Å². The second-order valence-corrected chi connectivity index (χ2v) is 7.65. The van der Waals surface area contributed by atoms with E-state index in [1.54, 1.807) is 30.3 Å². The molecule has 2 saturated heterocycles. The van der Waals surface area contributed by atoms with Crippen molar-refractivity contribution in [3.8, 4) is 0 Å². The van der Waals surface area contributed by atoms with Crippen LogP contribution in [0.3, 0.4) is 0 Å². The number of carbonyl (C=O) groups excluding carboxylic acids is 3. The Morgan fingerprint density at radius 1 is 0.879 bits per heavy atom. The molecular weight excluding hydrogens is 424 g/mol. The van der Waals surface area contributed by atoms with Gasteiger partial charge in [-0.15, -0.1) is 0 Å². The van der Waals surface area contributed by atoms with Gasteiger partial charge in [-0.25, -0.2) is 4.98 Å². The van der Waals surface area contributed by atoms with Crippen molar-refractivity contribution in [3.05, 3.63) is 59.8 Å². The fourth-order valence-electron chi connectivity index (χ4n) is 3.57. The first kappa shape index (κ1) is 22.6. The van der Waals surface area contributed by atoms with Crippen molar-refractivity contribution in [1.82, 2.24) is 9.88 Å². The van der Waals surface area contributed by atoms with E-state index in [4.69, 9.17) is 9.47 Å². The van der Waals surface area contributed by atoms with Crippen molar-refractivity contribution in [2.75, 3.05) is 62.8 Å². The van der Waals surface area contributed by atoms with Crippen LogP contribution in [0.15, 0.2) is 48.5 Å². The minimum Gasteiger partial charge on any atom is -0.378 e. The molecule has 0 spiro atoms. The molecule has 2 amide bonds. The first-order valence-corrected chi connectivity index (χ1v) is 10.9. The summed E-state index contributed by atoms with van der Waals surface area (Å²) >= 11 is 0. The molecule has 33 heavy (non-hydrogen) atoms. The first-order valence-electron chi connectivity index (χ1n) is 10.9. The smallest absolute Gasteiger partial charge is 0.313 e. The number of morpholine rings is 2. The van der Waals surface area contributed by atoms with Crippen molar-refractivity contribution in [1.29, 1.82) is 0 Å². The lowest BCUT2D eigenvalue weighted by molar-refractivity contribution is -0.145. The highest BCUT2D eigenvalue weighted by Crippen LogP contribution is 2.15. The molecule has 1 aromatic carbocycles. The van der Waals surface area contributed by atoms with E-state index in [2.05, 4.69) is 15.2 Å². The molecule has 2 aromatic rings. The Kier molecular flexibility index (Phi) is 7.43. The summed E-state index contributed by atoms with van der Waals surface area (Å²) in [5, 5.41) is 2.58. The molecule has 0 radical (unpaired) electrons. The Labute approximate surface area is 192 Å². The third-order valence-electron chi connectivity index (χ3n) is 5.42. The van der Waals surface area contributed by atoms with Gasteiger partial charge in [-0.1, -0.05) is 6.07 Å². The third kappa shape index (κ3) is 6.03. The summed E-state index contributed by atoms with van der Waals surface area (Å²) in [5.41, 5.74) is 1.60. The molecule has 172 valence electrons. The van der Waals surface area contributed by atoms with Crippen LogP contribution in [0.2, 0.25) is 0 Å². The SMILES string of the molecule is O=C(Nc1ccc(C(=O)/C=C/c2cccc(N3CCOCC3)n2)cc1)C(=O)N1CCOCC1. The number of nitrogens with one attached hydrogen (secondary N) is 1. The summed E-state index contributed by atoms with van der Waals surface area (Å²) in [4.78, 5) is 45.2. The summed E-state index contributed by atoms with van der Waals surface area (Å²) in [6.45, 7) is 4.59. The number of hydrogen-bond donors (Lipinski definition) is 1. The molecule has 2 aliphatic rings. The highest BCUT2D eigenvalue weighted by atomic mass is 16.5. The predicted octanol–water partition coefficient (Wildman–Crippen LogP) is 1.61. The van der Waals surface area contributed by atoms with E-state index in [1.165, 1.54) is 11.0 Å². The number of rotatable bonds is 5. The monoisotopic (exact) mass is 450 g/mol. The number of benzene rings is 1. The van der Waals surface area contributed by atoms with Crippen LogP contribution in [0, 0.1) is 0 Å². The van der Waals surface area contributed by atoms with E-state index >= 15 is 0 Å². The molecule has 3 heterocycles. The number of anilines is 2. The summed E-state index contributed by atoms with van der Waals surface area (Å²) in [7, 11) is 0. The predicted molar refractivity (Wildman–Crippen MR) is 123 cm³/mol. The number of ketones is 1.